The Kier molecular flexibility index (Phi) is 7.88. The highest BCUT2D eigenvalue weighted by atomic mass is 16.5. The molecule has 3 aromatic rings. The molecule has 0 aliphatic carbocycles. The SMILES string of the molecule is COc1cccc2[nH]c(C(=O)C[C@@H](CC(C)C)C(=O)NC(Cc3ccc[nH]c3=O)C(N)=O)cc12. The molecule has 2 atom stereocenters. The number of primary amides is 1. The maximum absolute atomic E-state index is 13.1. The van der Waals surface area contributed by atoms with Crippen LogP contribution in [0.4, 0.5) is 0 Å². The van der Waals surface area contributed by atoms with Crippen molar-refractivity contribution < 1.29 is 19.1 Å². The molecule has 9 heteroatoms. The van der Waals surface area contributed by atoms with Crippen molar-refractivity contribution in [2.24, 2.45) is 17.6 Å². The summed E-state index contributed by atoms with van der Waals surface area (Å²) >= 11 is 0. The second kappa shape index (κ2) is 10.8. The molecule has 1 aromatic carbocycles. The third-order valence-electron chi connectivity index (χ3n) is 5.69. The highest BCUT2D eigenvalue weighted by molar-refractivity contribution is 6.02. The molecule has 0 saturated heterocycles. The summed E-state index contributed by atoms with van der Waals surface area (Å²) in [6.45, 7) is 3.90. The molecule has 0 fully saturated rings. The van der Waals surface area contributed by atoms with E-state index in [4.69, 9.17) is 10.5 Å². The average Bonchev–Trinajstić information content (AvgIpc) is 3.23. The largest absolute Gasteiger partial charge is 0.496 e. The second-order valence-corrected chi connectivity index (χ2v) is 8.75. The van der Waals surface area contributed by atoms with Gasteiger partial charge in [-0.1, -0.05) is 26.0 Å². The Balaban J connectivity index is 1.78. The van der Waals surface area contributed by atoms with Crippen molar-refractivity contribution in [3.63, 3.8) is 0 Å². The zero-order chi connectivity index (χ0) is 24.8. The quantitative estimate of drug-likeness (QED) is 0.320. The number of benzene rings is 1. The van der Waals surface area contributed by atoms with Crippen LogP contribution in [-0.2, 0) is 16.0 Å². The topological polar surface area (TPSA) is 147 Å². The number of pyridine rings is 1. The van der Waals surface area contributed by atoms with E-state index in [2.05, 4.69) is 15.3 Å². The molecule has 2 amide bonds. The molecule has 2 aromatic heterocycles. The molecule has 1 unspecified atom stereocenters. The van der Waals surface area contributed by atoms with E-state index < -0.39 is 23.8 Å². The number of H-pyrrole nitrogens is 2. The minimum atomic E-state index is -1.07. The first-order chi connectivity index (χ1) is 16.2. The predicted octanol–water partition coefficient (Wildman–Crippen LogP) is 2.31. The van der Waals surface area contributed by atoms with Crippen LogP contribution in [0.25, 0.3) is 10.9 Å². The first kappa shape index (κ1) is 24.8. The van der Waals surface area contributed by atoms with Gasteiger partial charge in [-0.25, -0.2) is 0 Å². The molecule has 180 valence electrons. The summed E-state index contributed by atoms with van der Waals surface area (Å²) in [7, 11) is 1.56. The van der Waals surface area contributed by atoms with Gasteiger partial charge < -0.3 is 25.8 Å². The molecule has 0 saturated carbocycles. The maximum Gasteiger partial charge on any atom is 0.251 e. The van der Waals surface area contributed by atoms with Crippen LogP contribution < -0.4 is 21.3 Å². The number of aromatic amines is 2. The van der Waals surface area contributed by atoms with E-state index >= 15 is 0 Å². The standard InChI is InChI=1S/C25H30N4O5/c1-14(2)10-16(12-21(30)19-13-17-18(28-19)7-4-8-22(17)34-3)25(33)29-20(23(26)31)11-15-6-5-9-27-24(15)32/h4-9,13-14,16,20,28H,10-12H2,1-3H3,(H2,26,31)(H,27,32)(H,29,33)/t16-,20?/m1/s1. The number of ketones is 1. The van der Waals surface area contributed by atoms with E-state index in [9.17, 15) is 19.2 Å². The predicted molar refractivity (Wildman–Crippen MR) is 129 cm³/mol. The third-order valence-corrected chi connectivity index (χ3v) is 5.69. The molecule has 34 heavy (non-hydrogen) atoms. The lowest BCUT2D eigenvalue weighted by Gasteiger charge is -2.21. The zero-order valence-corrected chi connectivity index (χ0v) is 19.5. The van der Waals surface area contributed by atoms with E-state index in [1.54, 1.807) is 31.4 Å². The number of methoxy groups -OCH3 is 1. The van der Waals surface area contributed by atoms with Crippen LogP contribution in [0.5, 0.6) is 5.75 Å². The summed E-state index contributed by atoms with van der Waals surface area (Å²) in [5.41, 5.74) is 6.61. The zero-order valence-electron chi connectivity index (χ0n) is 19.5. The fourth-order valence-electron chi connectivity index (χ4n) is 3.99. The number of fused-ring (bicyclic) bond motifs is 1. The minimum absolute atomic E-state index is 0.0403. The summed E-state index contributed by atoms with van der Waals surface area (Å²) < 4.78 is 5.35. The van der Waals surface area contributed by atoms with Gasteiger partial charge in [0.25, 0.3) is 5.56 Å². The lowest BCUT2D eigenvalue weighted by molar-refractivity contribution is -0.130. The number of ether oxygens (including phenoxy) is 1. The van der Waals surface area contributed by atoms with Crippen LogP contribution in [0, 0.1) is 11.8 Å². The van der Waals surface area contributed by atoms with E-state index in [0.29, 0.717) is 23.4 Å². The molecule has 3 rings (SSSR count). The second-order valence-electron chi connectivity index (χ2n) is 8.75. The van der Waals surface area contributed by atoms with Gasteiger partial charge in [0.05, 0.1) is 12.8 Å². The number of aromatic nitrogens is 2. The van der Waals surface area contributed by atoms with E-state index in [1.807, 2.05) is 26.0 Å². The van der Waals surface area contributed by atoms with Crippen molar-refractivity contribution in [3.8, 4) is 5.75 Å². The molecule has 5 N–H and O–H groups in total. The maximum atomic E-state index is 13.1. The molecule has 0 spiro atoms. The first-order valence-electron chi connectivity index (χ1n) is 11.1. The number of amides is 2. The van der Waals surface area contributed by atoms with Crippen LogP contribution in [-0.4, -0.2) is 40.7 Å². The van der Waals surface area contributed by atoms with Crippen molar-refractivity contribution in [1.29, 1.82) is 0 Å². The molecule has 0 aliphatic heterocycles. The highest BCUT2D eigenvalue weighted by Gasteiger charge is 2.28. The Morgan fingerprint density at radius 2 is 1.91 bits per heavy atom. The number of rotatable bonds is 11. The van der Waals surface area contributed by atoms with Crippen molar-refractivity contribution in [2.45, 2.75) is 39.2 Å². The van der Waals surface area contributed by atoms with Crippen molar-refractivity contribution in [3.05, 3.63) is 64.2 Å². The number of nitrogens with one attached hydrogen (secondary N) is 3. The summed E-state index contributed by atoms with van der Waals surface area (Å²) in [4.78, 5) is 55.8. The van der Waals surface area contributed by atoms with Gasteiger partial charge in [0.1, 0.15) is 11.8 Å². The van der Waals surface area contributed by atoms with Gasteiger partial charge in [-0.15, -0.1) is 0 Å². The van der Waals surface area contributed by atoms with Gasteiger partial charge in [-0.3, -0.25) is 19.2 Å². The molecule has 2 heterocycles. The summed E-state index contributed by atoms with van der Waals surface area (Å²) in [5, 5.41) is 3.43. The van der Waals surface area contributed by atoms with Crippen LogP contribution >= 0.6 is 0 Å². The van der Waals surface area contributed by atoms with E-state index in [-0.39, 0.29) is 30.1 Å². The first-order valence-corrected chi connectivity index (χ1v) is 11.1. The van der Waals surface area contributed by atoms with Gasteiger partial charge in [-0.05, 0) is 36.6 Å². The molecular weight excluding hydrogens is 436 g/mol. The third kappa shape index (κ3) is 5.92. The van der Waals surface area contributed by atoms with Crippen molar-refractivity contribution in [2.75, 3.05) is 7.11 Å². The average molecular weight is 467 g/mol. The summed E-state index contributed by atoms with van der Waals surface area (Å²) in [6, 6.07) is 9.32. The Morgan fingerprint density at radius 1 is 1.15 bits per heavy atom. The molecule has 0 bridgehead atoms. The van der Waals surface area contributed by atoms with Crippen molar-refractivity contribution >= 4 is 28.5 Å². The molecule has 9 nitrogen and oxygen atoms in total. The van der Waals surface area contributed by atoms with Gasteiger partial charge in [-0.2, -0.15) is 0 Å². The van der Waals surface area contributed by atoms with Gasteiger partial charge in [0, 0.05) is 41.4 Å². The smallest absolute Gasteiger partial charge is 0.251 e. The van der Waals surface area contributed by atoms with E-state index in [0.717, 1.165) is 10.9 Å². The minimum Gasteiger partial charge on any atom is -0.496 e. The molecule has 0 radical (unpaired) electrons. The number of hydrogen-bond donors (Lipinski definition) is 4. The fraction of sp³-hybridized carbons (Fsp3) is 0.360. The number of nitrogens with two attached hydrogens (primary N) is 1. The van der Waals surface area contributed by atoms with Crippen LogP contribution in [0.3, 0.4) is 0 Å². The van der Waals surface area contributed by atoms with Crippen molar-refractivity contribution in [1.82, 2.24) is 15.3 Å². The monoisotopic (exact) mass is 466 g/mol. The molecule has 0 aliphatic rings. The lowest BCUT2D eigenvalue weighted by Crippen LogP contribution is -2.48. The Hall–Kier alpha value is -3.88. The van der Waals surface area contributed by atoms with E-state index in [1.165, 1.54) is 6.20 Å². The number of Topliss-reactive ketones (excluding diaryl/α,β-unsaturated/α-hetero) is 1. The van der Waals surface area contributed by atoms with Crippen LogP contribution in [0.15, 0.2) is 47.4 Å². The van der Waals surface area contributed by atoms with Gasteiger partial charge in [0.2, 0.25) is 11.8 Å². The van der Waals surface area contributed by atoms with Crippen LogP contribution in [0.2, 0.25) is 0 Å². The number of carbonyl (C=O) groups excluding carboxylic acids is 3. The van der Waals surface area contributed by atoms with Gasteiger partial charge in [0.15, 0.2) is 5.78 Å². The Bertz CT molecular complexity index is 1240. The highest BCUT2D eigenvalue weighted by Crippen LogP contribution is 2.27. The summed E-state index contributed by atoms with van der Waals surface area (Å²) in [5.74, 6) is -1.33. The normalized spacial score (nSPS) is 12.9. The summed E-state index contributed by atoms with van der Waals surface area (Å²) in [6.07, 6.45) is 1.84. The number of carbonyl (C=O) groups is 3. The fourth-order valence-corrected chi connectivity index (χ4v) is 3.99. The van der Waals surface area contributed by atoms with Crippen LogP contribution in [0.1, 0.15) is 42.7 Å². The Labute approximate surface area is 197 Å². The molecular formula is C25H30N4O5. The van der Waals surface area contributed by atoms with Gasteiger partial charge >= 0.3 is 0 Å². The lowest BCUT2D eigenvalue weighted by atomic mass is 9.90. The Morgan fingerprint density at radius 3 is 2.56 bits per heavy atom. The number of hydrogen-bond acceptors (Lipinski definition) is 5.